The number of anilines is 1. The Labute approximate surface area is 128 Å². The van der Waals surface area contributed by atoms with Gasteiger partial charge in [-0.15, -0.1) is 0 Å². The molecule has 0 aromatic heterocycles. The average molecular weight is 299 g/mol. The molecule has 22 heavy (non-hydrogen) atoms. The van der Waals surface area contributed by atoms with Gasteiger partial charge in [-0.25, -0.2) is 4.39 Å². The van der Waals surface area contributed by atoms with E-state index in [0.29, 0.717) is 31.5 Å². The molecule has 0 bridgehead atoms. The van der Waals surface area contributed by atoms with Gasteiger partial charge in [-0.2, -0.15) is 0 Å². The summed E-state index contributed by atoms with van der Waals surface area (Å²) in [6.45, 7) is 0.533. The van der Waals surface area contributed by atoms with Gasteiger partial charge in [0.05, 0.1) is 11.1 Å². The Morgan fingerprint density at radius 1 is 1.14 bits per heavy atom. The SMILES string of the molecule is O=C(O)C1(Cc2ccc(F)c(NCc3ccccc3)c2)CC1. The molecule has 1 aliphatic rings. The zero-order valence-electron chi connectivity index (χ0n) is 12.2. The molecule has 0 radical (unpaired) electrons. The lowest BCUT2D eigenvalue weighted by Gasteiger charge is -2.13. The topological polar surface area (TPSA) is 49.3 Å². The molecule has 0 heterocycles. The van der Waals surface area contributed by atoms with Gasteiger partial charge in [0.15, 0.2) is 0 Å². The van der Waals surface area contributed by atoms with Gasteiger partial charge in [-0.1, -0.05) is 36.4 Å². The first-order valence-corrected chi connectivity index (χ1v) is 7.39. The van der Waals surface area contributed by atoms with E-state index in [-0.39, 0.29) is 5.82 Å². The predicted molar refractivity (Wildman–Crippen MR) is 83.2 cm³/mol. The van der Waals surface area contributed by atoms with E-state index in [1.54, 1.807) is 12.1 Å². The molecule has 1 fully saturated rings. The molecule has 1 saturated carbocycles. The van der Waals surface area contributed by atoms with Crippen molar-refractivity contribution in [1.29, 1.82) is 0 Å². The smallest absolute Gasteiger partial charge is 0.309 e. The van der Waals surface area contributed by atoms with Gasteiger partial charge in [0.2, 0.25) is 0 Å². The van der Waals surface area contributed by atoms with Crippen LogP contribution in [0.25, 0.3) is 0 Å². The van der Waals surface area contributed by atoms with Crippen molar-refractivity contribution in [3.05, 3.63) is 65.5 Å². The number of hydrogen-bond donors (Lipinski definition) is 2. The van der Waals surface area contributed by atoms with E-state index in [9.17, 15) is 14.3 Å². The number of carbonyl (C=O) groups is 1. The molecule has 1 aliphatic carbocycles. The Morgan fingerprint density at radius 2 is 1.86 bits per heavy atom. The molecule has 2 aromatic carbocycles. The number of hydrogen-bond acceptors (Lipinski definition) is 2. The van der Waals surface area contributed by atoms with Gasteiger partial charge < -0.3 is 10.4 Å². The number of carboxylic acid groups (broad SMARTS) is 1. The van der Waals surface area contributed by atoms with Crippen LogP contribution >= 0.6 is 0 Å². The van der Waals surface area contributed by atoms with Crippen LogP contribution in [0.15, 0.2) is 48.5 Å². The van der Waals surface area contributed by atoms with E-state index < -0.39 is 11.4 Å². The summed E-state index contributed by atoms with van der Waals surface area (Å²) in [5.41, 5.74) is 1.71. The highest BCUT2D eigenvalue weighted by molar-refractivity contribution is 5.78. The van der Waals surface area contributed by atoms with E-state index in [1.807, 2.05) is 30.3 Å². The first-order chi connectivity index (χ1) is 10.6. The summed E-state index contributed by atoms with van der Waals surface area (Å²) < 4.78 is 13.9. The highest BCUT2D eigenvalue weighted by Crippen LogP contribution is 2.48. The van der Waals surface area contributed by atoms with Crippen molar-refractivity contribution < 1.29 is 14.3 Å². The zero-order valence-corrected chi connectivity index (χ0v) is 12.2. The summed E-state index contributed by atoms with van der Waals surface area (Å²) in [5.74, 6) is -1.07. The van der Waals surface area contributed by atoms with Gasteiger partial charge >= 0.3 is 5.97 Å². The summed E-state index contributed by atoms with van der Waals surface area (Å²) in [6, 6.07) is 14.6. The van der Waals surface area contributed by atoms with Crippen LogP contribution in [0.1, 0.15) is 24.0 Å². The van der Waals surface area contributed by atoms with Crippen LogP contribution in [0.3, 0.4) is 0 Å². The maximum atomic E-state index is 13.9. The van der Waals surface area contributed by atoms with Crippen LogP contribution in [-0.4, -0.2) is 11.1 Å². The lowest BCUT2D eigenvalue weighted by Crippen LogP contribution is -2.17. The Kier molecular flexibility index (Phi) is 3.84. The van der Waals surface area contributed by atoms with Gasteiger partial charge in [-0.3, -0.25) is 4.79 Å². The molecule has 0 atom stereocenters. The molecule has 2 N–H and O–H groups in total. The Morgan fingerprint density at radius 3 is 2.50 bits per heavy atom. The second-order valence-electron chi connectivity index (χ2n) is 5.92. The second-order valence-corrected chi connectivity index (χ2v) is 5.92. The molecule has 3 rings (SSSR count). The van der Waals surface area contributed by atoms with E-state index in [2.05, 4.69) is 5.32 Å². The normalized spacial score (nSPS) is 15.3. The van der Waals surface area contributed by atoms with Gasteiger partial charge in [0.1, 0.15) is 5.82 Å². The molecule has 114 valence electrons. The first-order valence-electron chi connectivity index (χ1n) is 7.39. The van der Waals surface area contributed by atoms with Gasteiger partial charge in [0, 0.05) is 6.54 Å². The van der Waals surface area contributed by atoms with Crippen LogP contribution < -0.4 is 5.32 Å². The van der Waals surface area contributed by atoms with Crippen LogP contribution in [0, 0.1) is 11.2 Å². The first kappa shape index (κ1) is 14.6. The maximum absolute atomic E-state index is 13.9. The molecule has 0 aliphatic heterocycles. The summed E-state index contributed by atoms with van der Waals surface area (Å²) in [4.78, 5) is 11.3. The largest absolute Gasteiger partial charge is 0.481 e. The Balaban J connectivity index is 1.71. The van der Waals surface area contributed by atoms with Crippen LogP contribution in [0.5, 0.6) is 0 Å². The van der Waals surface area contributed by atoms with Crippen LogP contribution in [0.4, 0.5) is 10.1 Å². The second kappa shape index (κ2) is 5.79. The fourth-order valence-corrected chi connectivity index (χ4v) is 2.62. The standard InChI is InChI=1S/C18H18FNO2/c19-15-7-6-14(11-18(8-9-18)17(21)22)10-16(15)20-12-13-4-2-1-3-5-13/h1-7,10,20H,8-9,11-12H2,(H,21,22). The highest BCUT2D eigenvalue weighted by Gasteiger charge is 2.49. The molecular formula is C18H18FNO2. The third-order valence-corrected chi connectivity index (χ3v) is 4.21. The summed E-state index contributed by atoms with van der Waals surface area (Å²) in [7, 11) is 0. The lowest BCUT2D eigenvalue weighted by molar-refractivity contribution is -0.143. The molecule has 4 heteroatoms. The summed E-state index contributed by atoms with van der Waals surface area (Å²) in [6.07, 6.45) is 1.86. The minimum absolute atomic E-state index is 0.320. The number of rotatable bonds is 6. The van der Waals surface area contributed by atoms with Gasteiger partial charge in [-0.05, 0) is 42.5 Å². The molecular weight excluding hydrogens is 281 g/mol. The number of carboxylic acids is 1. The fourth-order valence-electron chi connectivity index (χ4n) is 2.62. The molecule has 0 amide bonds. The van der Waals surface area contributed by atoms with Crippen molar-refractivity contribution >= 4 is 11.7 Å². The van der Waals surface area contributed by atoms with Crippen molar-refractivity contribution in [2.24, 2.45) is 5.41 Å². The number of nitrogens with one attached hydrogen (secondary N) is 1. The number of benzene rings is 2. The summed E-state index contributed by atoms with van der Waals surface area (Å²) >= 11 is 0. The molecule has 2 aromatic rings. The molecule has 0 saturated heterocycles. The molecule has 0 spiro atoms. The Bertz CT molecular complexity index is 681. The van der Waals surface area contributed by atoms with Crippen LogP contribution in [-0.2, 0) is 17.8 Å². The van der Waals surface area contributed by atoms with Crippen molar-refractivity contribution in [1.82, 2.24) is 0 Å². The molecule has 0 unspecified atom stereocenters. The monoisotopic (exact) mass is 299 g/mol. The Hall–Kier alpha value is -2.36. The summed E-state index contributed by atoms with van der Waals surface area (Å²) in [5, 5.41) is 12.3. The average Bonchev–Trinajstić information content (AvgIpc) is 3.30. The van der Waals surface area contributed by atoms with Gasteiger partial charge in [0.25, 0.3) is 0 Å². The van der Waals surface area contributed by atoms with Crippen molar-refractivity contribution in [3.8, 4) is 0 Å². The van der Waals surface area contributed by atoms with E-state index >= 15 is 0 Å². The third-order valence-electron chi connectivity index (χ3n) is 4.21. The van der Waals surface area contributed by atoms with Crippen molar-refractivity contribution in [2.45, 2.75) is 25.8 Å². The van der Waals surface area contributed by atoms with Crippen molar-refractivity contribution in [2.75, 3.05) is 5.32 Å². The third kappa shape index (κ3) is 3.11. The van der Waals surface area contributed by atoms with E-state index in [4.69, 9.17) is 0 Å². The lowest BCUT2D eigenvalue weighted by atomic mass is 9.96. The highest BCUT2D eigenvalue weighted by atomic mass is 19.1. The number of halogens is 1. The maximum Gasteiger partial charge on any atom is 0.309 e. The van der Waals surface area contributed by atoms with Crippen molar-refractivity contribution in [3.63, 3.8) is 0 Å². The van der Waals surface area contributed by atoms with Crippen LogP contribution in [0.2, 0.25) is 0 Å². The number of aliphatic carboxylic acids is 1. The van der Waals surface area contributed by atoms with E-state index in [0.717, 1.165) is 11.1 Å². The quantitative estimate of drug-likeness (QED) is 0.852. The predicted octanol–water partition coefficient (Wildman–Crippen LogP) is 3.85. The minimum Gasteiger partial charge on any atom is -0.481 e. The minimum atomic E-state index is -0.754. The molecule has 3 nitrogen and oxygen atoms in total. The zero-order chi connectivity index (χ0) is 15.6. The van der Waals surface area contributed by atoms with E-state index in [1.165, 1.54) is 6.07 Å². The fraction of sp³-hybridized carbons (Fsp3) is 0.278.